The summed E-state index contributed by atoms with van der Waals surface area (Å²) in [6.07, 6.45) is 1.44. The van der Waals surface area contributed by atoms with Crippen molar-refractivity contribution in [3.63, 3.8) is 0 Å². The molecule has 30 heavy (non-hydrogen) atoms. The third kappa shape index (κ3) is 13.0. The SMILES string of the molecule is CC(C)(C)OC(=O)CNc1ccc(C(=O)NCCOCCOCCOCCN)cn1. The highest BCUT2D eigenvalue weighted by atomic mass is 16.6. The minimum absolute atomic E-state index is 0.00239. The highest BCUT2D eigenvalue weighted by Gasteiger charge is 2.16. The molecule has 1 aromatic rings. The van der Waals surface area contributed by atoms with Crippen LogP contribution in [0.15, 0.2) is 18.3 Å². The first kappa shape index (κ1) is 25.8. The summed E-state index contributed by atoms with van der Waals surface area (Å²) in [5.74, 6) is -0.149. The predicted molar refractivity (Wildman–Crippen MR) is 112 cm³/mol. The van der Waals surface area contributed by atoms with Crippen LogP contribution < -0.4 is 16.4 Å². The fourth-order valence-electron chi connectivity index (χ4n) is 2.14. The topological polar surface area (TPSA) is 134 Å². The minimum Gasteiger partial charge on any atom is -0.459 e. The summed E-state index contributed by atoms with van der Waals surface area (Å²) in [7, 11) is 0. The Labute approximate surface area is 177 Å². The maximum atomic E-state index is 12.1. The number of carbonyl (C=O) groups is 2. The van der Waals surface area contributed by atoms with Crippen molar-refractivity contribution in [3.05, 3.63) is 23.9 Å². The number of aromatic nitrogens is 1. The molecular weight excluding hydrogens is 392 g/mol. The molecule has 0 saturated carbocycles. The zero-order chi connectivity index (χ0) is 22.2. The van der Waals surface area contributed by atoms with Gasteiger partial charge in [0, 0.05) is 19.3 Å². The third-order valence-corrected chi connectivity index (χ3v) is 3.40. The van der Waals surface area contributed by atoms with Gasteiger partial charge < -0.3 is 35.3 Å². The Morgan fingerprint density at radius 2 is 1.63 bits per heavy atom. The van der Waals surface area contributed by atoms with Crippen LogP contribution in [0.1, 0.15) is 31.1 Å². The van der Waals surface area contributed by atoms with Crippen molar-refractivity contribution < 1.29 is 28.5 Å². The van der Waals surface area contributed by atoms with Crippen LogP contribution in [0.3, 0.4) is 0 Å². The fraction of sp³-hybridized carbons (Fsp3) is 0.650. The van der Waals surface area contributed by atoms with Crippen LogP contribution in [0.2, 0.25) is 0 Å². The van der Waals surface area contributed by atoms with Gasteiger partial charge in [-0.3, -0.25) is 9.59 Å². The maximum absolute atomic E-state index is 12.1. The molecule has 0 bridgehead atoms. The Morgan fingerprint density at radius 3 is 2.20 bits per heavy atom. The van der Waals surface area contributed by atoms with Crippen molar-refractivity contribution in [1.29, 1.82) is 0 Å². The Kier molecular flexibility index (Phi) is 12.6. The second-order valence-corrected chi connectivity index (χ2v) is 7.25. The van der Waals surface area contributed by atoms with Gasteiger partial charge in [-0.2, -0.15) is 0 Å². The number of nitrogens with zero attached hydrogens (tertiary/aromatic N) is 1. The molecule has 0 atom stereocenters. The average Bonchev–Trinajstić information content (AvgIpc) is 2.69. The van der Waals surface area contributed by atoms with E-state index in [0.29, 0.717) is 64.1 Å². The normalized spacial score (nSPS) is 11.2. The van der Waals surface area contributed by atoms with Crippen LogP contribution in [0.4, 0.5) is 5.82 Å². The number of nitrogens with two attached hydrogens (primary N) is 1. The summed E-state index contributed by atoms with van der Waals surface area (Å²) >= 11 is 0. The summed E-state index contributed by atoms with van der Waals surface area (Å²) < 4.78 is 21.1. The molecule has 0 saturated heterocycles. The van der Waals surface area contributed by atoms with Gasteiger partial charge in [0.1, 0.15) is 18.0 Å². The molecule has 0 aliphatic rings. The van der Waals surface area contributed by atoms with Crippen LogP contribution in [0, 0.1) is 0 Å². The fourth-order valence-corrected chi connectivity index (χ4v) is 2.14. The number of nitrogens with one attached hydrogen (secondary N) is 2. The number of esters is 1. The second kappa shape index (κ2) is 14.7. The molecule has 1 heterocycles. The van der Waals surface area contributed by atoms with Gasteiger partial charge in [0.05, 0.1) is 45.2 Å². The van der Waals surface area contributed by atoms with Gasteiger partial charge in [0.2, 0.25) is 0 Å². The van der Waals surface area contributed by atoms with Crippen molar-refractivity contribution in [2.24, 2.45) is 5.73 Å². The van der Waals surface area contributed by atoms with Crippen LogP contribution in [-0.4, -0.2) is 81.7 Å². The van der Waals surface area contributed by atoms with Gasteiger partial charge in [-0.25, -0.2) is 4.98 Å². The molecular formula is C20H34N4O6. The highest BCUT2D eigenvalue weighted by molar-refractivity contribution is 5.94. The summed E-state index contributed by atoms with van der Waals surface area (Å²) in [5, 5.41) is 5.61. The Bertz CT molecular complexity index is 619. The largest absolute Gasteiger partial charge is 0.459 e. The Balaban J connectivity index is 2.13. The molecule has 0 fully saturated rings. The number of amides is 1. The smallest absolute Gasteiger partial charge is 0.325 e. The van der Waals surface area contributed by atoms with E-state index in [1.807, 2.05) is 0 Å². The first-order valence-electron chi connectivity index (χ1n) is 9.95. The molecule has 0 spiro atoms. The van der Waals surface area contributed by atoms with Crippen molar-refractivity contribution >= 4 is 17.7 Å². The Morgan fingerprint density at radius 1 is 1.00 bits per heavy atom. The van der Waals surface area contributed by atoms with Gasteiger partial charge in [0.15, 0.2) is 0 Å². The van der Waals surface area contributed by atoms with E-state index in [9.17, 15) is 9.59 Å². The van der Waals surface area contributed by atoms with E-state index in [1.54, 1.807) is 32.9 Å². The molecule has 1 amide bonds. The van der Waals surface area contributed by atoms with E-state index in [2.05, 4.69) is 15.6 Å². The number of hydrogen-bond acceptors (Lipinski definition) is 9. The number of carbonyl (C=O) groups excluding carboxylic acids is 2. The zero-order valence-electron chi connectivity index (χ0n) is 18.1. The zero-order valence-corrected chi connectivity index (χ0v) is 18.1. The quantitative estimate of drug-likeness (QED) is 0.272. The van der Waals surface area contributed by atoms with E-state index in [1.165, 1.54) is 6.20 Å². The molecule has 0 aliphatic heterocycles. The minimum atomic E-state index is -0.537. The van der Waals surface area contributed by atoms with Crippen LogP contribution in [-0.2, 0) is 23.7 Å². The lowest BCUT2D eigenvalue weighted by Crippen LogP contribution is -2.28. The molecule has 4 N–H and O–H groups in total. The van der Waals surface area contributed by atoms with E-state index < -0.39 is 5.60 Å². The summed E-state index contributed by atoms with van der Waals surface area (Å²) in [4.78, 5) is 27.9. The molecule has 1 rings (SSSR count). The van der Waals surface area contributed by atoms with Crippen molar-refractivity contribution in [1.82, 2.24) is 10.3 Å². The number of ether oxygens (including phenoxy) is 4. The van der Waals surface area contributed by atoms with Gasteiger partial charge >= 0.3 is 5.97 Å². The van der Waals surface area contributed by atoms with Gasteiger partial charge in [-0.15, -0.1) is 0 Å². The molecule has 0 unspecified atom stereocenters. The van der Waals surface area contributed by atoms with Crippen molar-refractivity contribution in [3.8, 4) is 0 Å². The van der Waals surface area contributed by atoms with Crippen molar-refractivity contribution in [2.75, 3.05) is 64.6 Å². The van der Waals surface area contributed by atoms with Gasteiger partial charge in [0.25, 0.3) is 5.91 Å². The maximum Gasteiger partial charge on any atom is 0.325 e. The molecule has 0 radical (unpaired) electrons. The number of pyridine rings is 1. The summed E-state index contributed by atoms with van der Waals surface area (Å²) in [6.45, 7) is 9.09. The van der Waals surface area contributed by atoms with Crippen LogP contribution in [0.25, 0.3) is 0 Å². The number of hydrogen-bond donors (Lipinski definition) is 3. The molecule has 1 aromatic heterocycles. The van der Waals surface area contributed by atoms with Crippen LogP contribution in [0.5, 0.6) is 0 Å². The molecule has 170 valence electrons. The lowest BCUT2D eigenvalue weighted by atomic mass is 10.2. The Hall–Kier alpha value is -2.27. The second-order valence-electron chi connectivity index (χ2n) is 7.25. The standard InChI is InChI=1S/C20H34N4O6/c1-20(2,3)30-18(25)15-24-17-5-4-16(14-23-17)19(26)22-7-9-28-11-13-29-12-10-27-8-6-21/h4-5,14H,6-13,15,21H2,1-3H3,(H,22,26)(H,23,24). The molecule has 0 aliphatic carbocycles. The van der Waals surface area contributed by atoms with Gasteiger partial charge in [-0.05, 0) is 32.9 Å². The van der Waals surface area contributed by atoms with Crippen molar-refractivity contribution in [2.45, 2.75) is 26.4 Å². The van der Waals surface area contributed by atoms with E-state index >= 15 is 0 Å². The summed E-state index contributed by atoms with van der Waals surface area (Å²) in [5.41, 5.74) is 5.18. The molecule has 10 heteroatoms. The van der Waals surface area contributed by atoms with Gasteiger partial charge in [-0.1, -0.05) is 0 Å². The molecule has 0 aromatic carbocycles. The number of anilines is 1. The van der Waals surface area contributed by atoms with E-state index in [0.717, 1.165) is 0 Å². The average molecular weight is 427 g/mol. The molecule has 10 nitrogen and oxygen atoms in total. The third-order valence-electron chi connectivity index (χ3n) is 3.40. The lowest BCUT2D eigenvalue weighted by molar-refractivity contribution is -0.152. The van der Waals surface area contributed by atoms with E-state index in [4.69, 9.17) is 24.7 Å². The highest BCUT2D eigenvalue weighted by Crippen LogP contribution is 2.08. The number of rotatable bonds is 15. The monoisotopic (exact) mass is 426 g/mol. The predicted octanol–water partition coefficient (Wildman–Crippen LogP) is 0.574. The first-order valence-corrected chi connectivity index (χ1v) is 9.95. The lowest BCUT2D eigenvalue weighted by Gasteiger charge is -2.19. The van der Waals surface area contributed by atoms with E-state index in [-0.39, 0.29) is 18.4 Å². The first-order chi connectivity index (χ1) is 14.3. The summed E-state index contributed by atoms with van der Waals surface area (Å²) in [6, 6.07) is 3.26. The van der Waals surface area contributed by atoms with Crippen LogP contribution >= 0.6 is 0 Å².